The van der Waals surface area contributed by atoms with Crippen LogP contribution >= 0.6 is 0 Å². The predicted octanol–water partition coefficient (Wildman–Crippen LogP) is 2.82. The highest BCUT2D eigenvalue weighted by Gasteiger charge is 2.34. The molecule has 6 nitrogen and oxygen atoms in total. The highest BCUT2D eigenvalue weighted by atomic mass is 16.5. The van der Waals surface area contributed by atoms with Crippen LogP contribution in [0.1, 0.15) is 55.9 Å². The summed E-state index contributed by atoms with van der Waals surface area (Å²) in [6.07, 6.45) is 2.01. The van der Waals surface area contributed by atoms with Crippen molar-refractivity contribution in [1.82, 2.24) is 20.4 Å². The van der Waals surface area contributed by atoms with Crippen LogP contribution in [-0.4, -0.2) is 40.1 Å². The van der Waals surface area contributed by atoms with E-state index in [-0.39, 0.29) is 23.9 Å². The Balaban J connectivity index is 1.83. The molecule has 0 radical (unpaired) electrons. The Morgan fingerprint density at radius 3 is 2.72 bits per heavy atom. The topological polar surface area (TPSA) is 71.3 Å². The molecule has 1 aromatic heterocycles. The van der Waals surface area contributed by atoms with Gasteiger partial charge in [0, 0.05) is 12.6 Å². The predicted molar refractivity (Wildman–Crippen MR) is 95.0 cm³/mol. The van der Waals surface area contributed by atoms with Gasteiger partial charge < -0.3 is 9.84 Å². The van der Waals surface area contributed by atoms with E-state index in [9.17, 15) is 4.79 Å². The molecule has 1 N–H and O–H groups in total. The third-order valence-electron chi connectivity index (χ3n) is 4.51. The van der Waals surface area contributed by atoms with Crippen molar-refractivity contribution in [3.05, 3.63) is 47.6 Å². The number of piperidine rings is 1. The fraction of sp³-hybridized carbons (Fsp3) is 0.526. The number of carbonyl (C=O) groups is 1. The van der Waals surface area contributed by atoms with Gasteiger partial charge in [0.1, 0.15) is 6.04 Å². The first kappa shape index (κ1) is 17.6. The third-order valence-corrected chi connectivity index (χ3v) is 4.51. The fourth-order valence-corrected chi connectivity index (χ4v) is 3.45. The van der Waals surface area contributed by atoms with Crippen LogP contribution in [0.15, 0.2) is 34.9 Å². The van der Waals surface area contributed by atoms with Gasteiger partial charge in [0.2, 0.25) is 11.8 Å². The molecule has 0 aliphatic carbocycles. The molecular formula is C19H26N4O2. The van der Waals surface area contributed by atoms with Gasteiger partial charge in [-0.1, -0.05) is 35.5 Å². The van der Waals surface area contributed by atoms with Gasteiger partial charge in [-0.15, -0.1) is 0 Å². The van der Waals surface area contributed by atoms with Crippen LogP contribution in [0.25, 0.3) is 0 Å². The van der Waals surface area contributed by atoms with Crippen molar-refractivity contribution in [3.8, 4) is 0 Å². The molecule has 1 saturated heterocycles. The molecule has 1 aliphatic rings. The van der Waals surface area contributed by atoms with E-state index >= 15 is 0 Å². The molecule has 134 valence electrons. The van der Waals surface area contributed by atoms with Crippen LogP contribution in [0.4, 0.5) is 0 Å². The molecule has 2 heterocycles. The average molecular weight is 342 g/mol. The summed E-state index contributed by atoms with van der Waals surface area (Å²) >= 11 is 0. The normalized spacial score (nSPS) is 19.8. The van der Waals surface area contributed by atoms with Gasteiger partial charge in [-0.2, -0.15) is 4.98 Å². The first-order chi connectivity index (χ1) is 12.0. The minimum Gasteiger partial charge on any atom is -0.352 e. The highest BCUT2D eigenvalue weighted by Crippen LogP contribution is 2.31. The summed E-state index contributed by atoms with van der Waals surface area (Å²) in [6.45, 7) is 7.43. The monoisotopic (exact) mass is 342 g/mol. The van der Waals surface area contributed by atoms with Gasteiger partial charge in [0.25, 0.3) is 0 Å². The number of amides is 1. The van der Waals surface area contributed by atoms with E-state index < -0.39 is 0 Å². The SMILES string of the molecule is Cc1noc([C@H]2CCCN([C@@H](C(=O)NC(C)C)c3ccccc3)C2)n1. The molecular weight excluding hydrogens is 316 g/mol. The Morgan fingerprint density at radius 1 is 1.32 bits per heavy atom. The zero-order chi connectivity index (χ0) is 17.8. The lowest BCUT2D eigenvalue weighted by molar-refractivity contribution is -0.127. The van der Waals surface area contributed by atoms with Crippen molar-refractivity contribution in [2.75, 3.05) is 13.1 Å². The minimum atomic E-state index is -0.296. The van der Waals surface area contributed by atoms with Crippen molar-refractivity contribution in [2.45, 2.75) is 51.6 Å². The molecule has 1 aromatic carbocycles. The Kier molecular flexibility index (Phi) is 5.48. The van der Waals surface area contributed by atoms with Crippen molar-refractivity contribution in [2.24, 2.45) is 0 Å². The van der Waals surface area contributed by atoms with E-state index in [0.29, 0.717) is 11.7 Å². The van der Waals surface area contributed by atoms with E-state index in [2.05, 4.69) is 20.4 Å². The number of benzene rings is 1. The van der Waals surface area contributed by atoms with Crippen molar-refractivity contribution >= 4 is 5.91 Å². The number of nitrogens with one attached hydrogen (secondary N) is 1. The number of rotatable bonds is 5. The first-order valence-electron chi connectivity index (χ1n) is 8.94. The number of carbonyl (C=O) groups excluding carboxylic acids is 1. The Labute approximate surface area is 148 Å². The molecule has 1 aliphatic heterocycles. The van der Waals surface area contributed by atoms with Gasteiger partial charge in [-0.05, 0) is 45.7 Å². The minimum absolute atomic E-state index is 0.0450. The quantitative estimate of drug-likeness (QED) is 0.905. The Bertz CT molecular complexity index is 698. The molecule has 1 fully saturated rings. The maximum Gasteiger partial charge on any atom is 0.242 e. The van der Waals surface area contributed by atoms with E-state index in [1.54, 1.807) is 0 Å². The second kappa shape index (κ2) is 7.78. The highest BCUT2D eigenvalue weighted by molar-refractivity contribution is 5.83. The van der Waals surface area contributed by atoms with E-state index in [4.69, 9.17) is 4.52 Å². The van der Waals surface area contributed by atoms with Crippen molar-refractivity contribution in [1.29, 1.82) is 0 Å². The summed E-state index contributed by atoms with van der Waals surface area (Å²) in [4.78, 5) is 19.5. The van der Waals surface area contributed by atoms with E-state index in [0.717, 1.165) is 31.5 Å². The average Bonchev–Trinajstić information content (AvgIpc) is 3.02. The number of nitrogens with zero attached hydrogens (tertiary/aromatic N) is 3. The van der Waals surface area contributed by atoms with Crippen LogP contribution in [0.3, 0.4) is 0 Å². The lowest BCUT2D eigenvalue weighted by Crippen LogP contribution is -2.46. The molecule has 0 unspecified atom stereocenters. The van der Waals surface area contributed by atoms with Crippen LogP contribution in [0, 0.1) is 6.92 Å². The van der Waals surface area contributed by atoms with E-state index in [1.807, 2.05) is 51.1 Å². The zero-order valence-corrected chi connectivity index (χ0v) is 15.1. The molecule has 0 bridgehead atoms. The van der Waals surface area contributed by atoms with Crippen LogP contribution in [0.2, 0.25) is 0 Å². The molecule has 1 amide bonds. The maximum absolute atomic E-state index is 12.9. The van der Waals surface area contributed by atoms with Crippen molar-refractivity contribution < 1.29 is 9.32 Å². The van der Waals surface area contributed by atoms with Gasteiger partial charge in [0.05, 0.1) is 5.92 Å². The standard InChI is InChI=1S/C19H26N4O2/c1-13(2)20-18(24)17(15-8-5-4-6-9-15)23-11-7-10-16(12-23)19-21-14(3)22-25-19/h4-6,8-9,13,16-17H,7,10-12H2,1-3H3,(H,20,24)/t16-,17+/m0/s1. The van der Waals surface area contributed by atoms with Gasteiger partial charge in [0.15, 0.2) is 5.82 Å². The summed E-state index contributed by atoms with van der Waals surface area (Å²) in [5, 5.41) is 6.98. The number of likely N-dealkylation sites (tertiary alicyclic amines) is 1. The van der Waals surface area contributed by atoms with Gasteiger partial charge in [-0.25, -0.2) is 0 Å². The lowest BCUT2D eigenvalue weighted by Gasteiger charge is -2.37. The summed E-state index contributed by atoms with van der Waals surface area (Å²) in [5.74, 6) is 1.55. The number of hydrogen-bond acceptors (Lipinski definition) is 5. The maximum atomic E-state index is 12.9. The fourth-order valence-electron chi connectivity index (χ4n) is 3.45. The lowest BCUT2D eigenvalue weighted by atomic mass is 9.94. The van der Waals surface area contributed by atoms with Gasteiger partial charge >= 0.3 is 0 Å². The summed E-state index contributed by atoms with van der Waals surface area (Å²) in [6, 6.07) is 9.78. The van der Waals surface area contributed by atoms with Crippen molar-refractivity contribution in [3.63, 3.8) is 0 Å². The smallest absolute Gasteiger partial charge is 0.242 e. The molecule has 25 heavy (non-hydrogen) atoms. The number of hydrogen-bond donors (Lipinski definition) is 1. The largest absolute Gasteiger partial charge is 0.352 e. The summed E-state index contributed by atoms with van der Waals surface area (Å²) in [7, 11) is 0. The molecule has 6 heteroatoms. The zero-order valence-electron chi connectivity index (χ0n) is 15.1. The molecule has 3 rings (SSSR count). The second-order valence-electron chi connectivity index (χ2n) is 6.99. The van der Waals surface area contributed by atoms with Crippen LogP contribution in [-0.2, 0) is 4.79 Å². The third kappa shape index (κ3) is 4.25. The molecule has 0 saturated carbocycles. The number of aromatic nitrogens is 2. The summed E-state index contributed by atoms with van der Waals surface area (Å²) in [5.41, 5.74) is 1.02. The summed E-state index contributed by atoms with van der Waals surface area (Å²) < 4.78 is 5.37. The van der Waals surface area contributed by atoms with Crippen LogP contribution in [0.5, 0.6) is 0 Å². The Hall–Kier alpha value is -2.21. The van der Waals surface area contributed by atoms with E-state index in [1.165, 1.54) is 0 Å². The first-order valence-corrected chi connectivity index (χ1v) is 8.94. The molecule has 0 spiro atoms. The molecule has 2 aromatic rings. The van der Waals surface area contributed by atoms with Crippen LogP contribution < -0.4 is 5.32 Å². The Morgan fingerprint density at radius 2 is 2.08 bits per heavy atom. The second-order valence-corrected chi connectivity index (χ2v) is 6.99. The van der Waals surface area contributed by atoms with Gasteiger partial charge in [-0.3, -0.25) is 9.69 Å². The number of aryl methyl sites for hydroxylation is 1. The molecule has 2 atom stereocenters.